The van der Waals surface area contributed by atoms with E-state index in [0.29, 0.717) is 16.3 Å². The van der Waals surface area contributed by atoms with Crippen LogP contribution < -0.4 is 10.1 Å². The van der Waals surface area contributed by atoms with E-state index in [1.54, 1.807) is 31.3 Å². The molecule has 0 fully saturated rings. The molecule has 0 heterocycles. The van der Waals surface area contributed by atoms with Crippen LogP contribution >= 0.6 is 11.6 Å². The zero-order valence-corrected chi connectivity index (χ0v) is 11.6. The minimum Gasteiger partial charge on any atom is -0.492 e. The van der Waals surface area contributed by atoms with Crippen LogP contribution in [0.3, 0.4) is 0 Å². The van der Waals surface area contributed by atoms with Crippen LogP contribution in [0.1, 0.15) is 11.6 Å². The third-order valence-electron chi connectivity index (χ3n) is 2.87. The SMILES string of the molecule is CNC(COc1ccc(Cl)cc1)c1cc(F)cc(F)c1. The van der Waals surface area contributed by atoms with Gasteiger partial charge in [-0.1, -0.05) is 11.6 Å². The van der Waals surface area contributed by atoms with E-state index in [9.17, 15) is 8.78 Å². The number of likely N-dealkylation sites (N-methyl/N-ethyl adjacent to an activating group) is 1. The van der Waals surface area contributed by atoms with Crippen molar-refractivity contribution in [1.82, 2.24) is 5.32 Å². The van der Waals surface area contributed by atoms with Gasteiger partial charge < -0.3 is 10.1 Å². The van der Waals surface area contributed by atoms with Crippen LogP contribution in [-0.2, 0) is 0 Å². The second-order valence-electron chi connectivity index (χ2n) is 4.31. The van der Waals surface area contributed by atoms with Crippen LogP contribution in [0, 0.1) is 11.6 Å². The van der Waals surface area contributed by atoms with E-state index in [1.807, 2.05) is 0 Å². The van der Waals surface area contributed by atoms with Crippen LogP contribution in [0.25, 0.3) is 0 Å². The minimum absolute atomic E-state index is 0.251. The summed E-state index contributed by atoms with van der Waals surface area (Å²) in [7, 11) is 1.71. The number of rotatable bonds is 5. The molecule has 20 heavy (non-hydrogen) atoms. The van der Waals surface area contributed by atoms with Gasteiger partial charge in [-0.15, -0.1) is 0 Å². The molecule has 0 aliphatic carbocycles. The number of ether oxygens (including phenoxy) is 1. The number of benzene rings is 2. The first-order chi connectivity index (χ1) is 9.58. The largest absolute Gasteiger partial charge is 0.492 e. The van der Waals surface area contributed by atoms with E-state index >= 15 is 0 Å². The minimum atomic E-state index is -0.605. The molecule has 0 saturated heterocycles. The molecule has 2 nitrogen and oxygen atoms in total. The highest BCUT2D eigenvalue weighted by Crippen LogP contribution is 2.20. The van der Waals surface area contributed by atoms with Crippen molar-refractivity contribution < 1.29 is 13.5 Å². The molecule has 0 bridgehead atoms. The van der Waals surface area contributed by atoms with E-state index in [1.165, 1.54) is 12.1 Å². The first-order valence-corrected chi connectivity index (χ1v) is 6.48. The van der Waals surface area contributed by atoms with Crippen molar-refractivity contribution in [3.8, 4) is 5.75 Å². The number of halogens is 3. The summed E-state index contributed by atoms with van der Waals surface area (Å²) in [4.78, 5) is 0. The fourth-order valence-electron chi connectivity index (χ4n) is 1.83. The number of hydrogen-bond donors (Lipinski definition) is 1. The lowest BCUT2D eigenvalue weighted by Gasteiger charge is -2.17. The molecule has 1 atom stereocenters. The number of hydrogen-bond acceptors (Lipinski definition) is 2. The van der Waals surface area contributed by atoms with Gasteiger partial charge in [-0.3, -0.25) is 0 Å². The fraction of sp³-hybridized carbons (Fsp3) is 0.200. The second-order valence-corrected chi connectivity index (χ2v) is 4.75. The maximum Gasteiger partial charge on any atom is 0.126 e. The molecule has 0 radical (unpaired) electrons. The molecule has 0 saturated carbocycles. The average molecular weight is 298 g/mol. The Balaban J connectivity index is 2.07. The Hall–Kier alpha value is -1.65. The summed E-state index contributed by atoms with van der Waals surface area (Å²) < 4.78 is 32.0. The predicted octanol–water partition coefficient (Wildman–Crippen LogP) is 3.96. The van der Waals surface area contributed by atoms with Gasteiger partial charge in [0.05, 0.1) is 6.04 Å². The van der Waals surface area contributed by atoms with Gasteiger partial charge in [-0.05, 0) is 49.0 Å². The summed E-state index contributed by atoms with van der Waals surface area (Å²) in [6.07, 6.45) is 0. The normalized spacial score (nSPS) is 12.2. The van der Waals surface area contributed by atoms with E-state index in [2.05, 4.69) is 5.32 Å². The zero-order valence-electron chi connectivity index (χ0n) is 10.9. The van der Waals surface area contributed by atoms with Gasteiger partial charge in [0.15, 0.2) is 0 Å². The standard InChI is InChI=1S/C15H14ClF2NO/c1-19-15(10-6-12(17)8-13(18)7-10)9-20-14-4-2-11(16)3-5-14/h2-8,15,19H,9H2,1H3. The Kier molecular flexibility index (Phi) is 4.93. The van der Waals surface area contributed by atoms with Crippen LogP contribution in [0.2, 0.25) is 5.02 Å². The summed E-state index contributed by atoms with van der Waals surface area (Å²) in [5.41, 5.74) is 0.499. The lowest BCUT2D eigenvalue weighted by molar-refractivity contribution is 0.272. The van der Waals surface area contributed by atoms with Crippen LogP contribution in [-0.4, -0.2) is 13.7 Å². The molecular weight excluding hydrogens is 284 g/mol. The molecule has 2 aromatic carbocycles. The highest BCUT2D eigenvalue weighted by atomic mass is 35.5. The molecule has 2 aromatic rings. The Morgan fingerprint density at radius 3 is 2.25 bits per heavy atom. The quantitative estimate of drug-likeness (QED) is 0.902. The van der Waals surface area contributed by atoms with Crippen LogP contribution in [0.15, 0.2) is 42.5 Å². The lowest BCUT2D eigenvalue weighted by atomic mass is 10.1. The lowest BCUT2D eigenvalue weighted by Crippen LogP contribution is -2.23. The van der Waals surface area contributed by atoms with E-state index in [0.717, 1.165) is 6.07 Å². The van der Waals surface area contributed by atoms with Crippen molar-refractivity contribution in [1.29, 1.82) is 0 Å². The Morgan fingerprint density at radius 1 is 1.10 bits per heavy atom. The molecular formula is C15H14ClF2NO. The van der Waals surface area contributed by atoms with Gasteiger partial charge in [0.2, 0.25) is 0 Å². The van der Waals surface area contributed by atoms with E-state index in [4.69, 9.17) is 16.3 Å². The molecule has 0 aliphatic heterocycles. The summed E-state index contributed by atoms with van der Waals surface area (Å²) in [6.45, 7) is 0.251. The van der Waals surface area contributed by atoms with Gasteiger partial charge in [0.25, 0.3) is 0 Å². The van der Waals surface area contributed by atoms with Crippen LogP contribution in [0.4, 0.5) is 8.78 Å². The van der Waals surface area contributed by atoms with Crippen molar-refractivity contribution in [2.75, 3.05) is 13.7 Å². The molecule has 1 N–H and O–H groups in total. The molecule has 1 unspecified atom stereocenters. The highest BCUT2D eigenvalue weighted by Gasteiger charge is 2.12. The predicted molar refractivity (Wildman–Crippen MR) is 75.1 cm³/mol. The van der Waals surface area contributed by atoms with Crippen molar-refractivity contribution in [2.45, 2.75) is 6.04 Å². The molecule has 5 heteroatoms. The Bertz CT molecular complexity index is 554. The number of nitrogens with one attached hydrogen (secondary N) is 1. The van der Waals surface area contributed by atoms with E-state index in [-0.39, 0.29) is 12.6 Å². The second kappa shape index (κ2) is 6.68. The molecule has 106 valence electrons. The Labute approximate surface area is 121 Å². The van der Waals surface area contributed by atoms with Crippen molar-refractivity contribution in [2.24, 2.45) is 0 Å². The molecule has 0 spiro atoms. The van der Waals surface area contributed by atoms with Gasteiger partial charge in [-0.25, -0.2) is 8.78 Å². The third kappa shape index (κ3) is 3.92. The summed E-state index contributed by atoms with van der Waals surface area (Å²) in [5.74, 6) is -0.565. The first kappa shape index (κ1) is 14.8. The fourth-order valence-corrected chi connectivity index (χ4v) is 1.96. The molecule has 0 aromatic heterocycles. The van der Waals surface area contributed by atoms with Gasteiger partial charge in [-0.2, -0.15) is 0 Å². The maximum absolute atomic E-state index is 13.2. The molecule has 0 amide bonds. The zero-order chi connectivity index (χ0) is 14.5. The summed E-state index contributed by atoms with van der Waals surface area (Å²) in [6, 6.07) is 10.0. The maximum atomic E-state index is 13.2. The average Bonchev–Trinajstić information content (AvgIpc) is 2.40. The highest BCUT2D eigenvalue weighted by molar-refractivity contribution is 6.30. The van der Waals surface area contributed by atoms with Crippen molar-refractivity contribution in [3.63, 3.8) is 0 Å². The first-order valence-electron chi connectivity index (χ1n) is 6.10. The molecule has 2 rings (SSSR count). The Morgan fingerprint density at radius 2 is 1.70 bits per heavy atom. The van der Waals surface area contributed by atoms with Gasteiger partial charge in [0.1, 0.15) is 24.0 Å². The van der Waals surface area contributed by atoms with Crippen molar-refractivity contribution >= 4 is 11.6 Å². The monoisotopic (exact) mass is 297 g/mol. The van der Waals surface area contributed by atoms with Gasteiger partial charge in [0, 0.05) is 11.1 Å². The summed E-state index contributed by atoms with van der Waals surface area (Å²) >= 11 is 5.78. The molecule has 0 aliphatic rings. The van der Waals surface area contributed by atoms with Gasteiger partial charge >= 0.3 is 0 Å². The van der Waals surface area contributed by atoms with E-state index < -0.39 is 11.6 Å². The topological polar surface area (TPSA) is 21.3 Å². The third-order valence-corrected chi connectivity index (χ3v) is 3.12. The smallest absolute Gasteiger partial charge is 0.126 e. The van der Waals surface area contributed by atoms with Crippen LogP contribution in [0.5, 0.6) is 5.75 Å². The van der Waals surface area contributed by atoms with Crippen molar-refractivity contribution in [3.05, 3.63) is 64.7 Å². The summed E-state index contributed by atoms with van der Waals surface area (Å²) in [5, 5.41) is 3.59.